The zero-order valence-corrected chi connectivity index (χ0v) is 34.6. The second-order valence-corrected chi connectivity index (χ2v) is 20.0. The van der Waals surface area contributed by atoms with E-state index in [0.717, 1.165) is 56.4 Å². The van der Waals surface area contributed by atoms with Crippen molar-refractivity contribution in [3.05, 3.63) is 163 Å². The second kappa shape index (κ2) is 16.4. The molecule has 3 heterocycles. The maximum atomic E-state index is 6.27. The van der Waals surface area contributed by atoms with Crippen molar-refractivity contribution in [3.63, 3.8) is 0 Å². The third-order valence-corrected chi connectivity index (χ3v) is 11.4. The van der Waals surface area contributed by atoms with E-state index in [-0.39, 0.29) is 20.1 Å². The molecular formula is C48H44IrN2OSi-2. The van der Waals surface area contributed by atoms with Gasteiger partial charge in [-0.1, -0.05) is 152 Å². The Kier molecular flexibility index (Phi) is 11.7. The minimum Gasteiger partial charge on any atom is -0.501 e. The molecule has 267 valence electrons. The molecule has 53 heavy (non-hydrogen) atoms. The van der Waals surface area contributed by atoms with Gasteiger partial charge in [-0.3, -0.25) is 0 Å². The van der Waals surface area contributed by atoms with Crippen molar-refractivity contribution in [2.45, 2.75) is 46.8 Å². The molecule has 0 aliphatic carbocycles. The zero-order chi connectivity index (χ0) is 36.2. The fraction of sp³-hybridized carbons (Fsp3) is 0.167. The minimum atomic E-state index is -1.39. The standard InChI is InChI=1S/C24H16NO.C24H28NSi.Ir/c1-16-12-13-25-22(14-16)21-9-5-8-20-19-11-10-18(15-23(19)26-24(20)21)17-6-3-2-4-7-17;1-18(2)15-22-16-23(25-17-24(22)26(3,4)5)21-13-11-20(12-14-21)19-9-7-6-8-10-19;/h2-8,10-15H,1H3;6-13,16-18H,15H2,1-5H3;/q2*-1;. The molecule has 0 spiro atoms. The normalized spacial score (nSPS) is 11.3. The van der Waals surface area contributed by atoms with Crippen LogP contribution >= 0.6 is 0 Å². The summed E-state index contributed by atoms with van der Waals surface area (Å²) in [7, 11) is -1.39. The Morgan fingerprint density at radius 2 is 1.38 bits per heavy atom. The molecule has 0 unspecified atom stereocenters. The number of pyridine rings is 2. The molecule has 0 N–H and O–H groups in total. The van der Waals surface area contributed by atoms with Crippen LogP contribution in [0, 0.1) is 25.0 Å². The first-order valence-electron chi connectivity index (χ1n) is 18.1. The van der Waals surface area contributed by atoms with Gasteiger partial charge in [-0.25, -0.2) is 0 Å². The summed E-state index contributed by atoms with van der Waals surface area (Å²) in [6.45, 7) is 13.8. The molecule has 3 aromatic heterocycles. The van der Waals surface area contributed by atoms with Crippen LogP contribution in [0.5, 0.6) is 0 Å². The Balaban J connectivity index is 0.000000178. The van der Waals surface area contributed by atoms with Crippen LogP contribution in [0.3, 0.4) is 0 Å². The van der Waals surface area contributed by atoms with Crippen molar-refractivity contribution in [1.82, 2.24) is 9.97 Å². The SMILES string of the molecule is CC(C)Cc1cc(-c2[c-]cc(-c3ccccc3)cc2)ncc1[Si](C)(C)C.Cc1ccnc(-c2[c-]ccc3c2oc2cc(-c4ccccc4)ccc23)c1.[Ir]. The largest absolute Gasteiger partial charge is 0.501 e. The van der Waals surface area contributed by atoms with E-state index in [0.29, 0.717) is 5.92 Å². The number of furan rings is 1. The van der Waals surface area contributed by atoms with Gasteiger partial charge in [0.25, 0.3) is 0 Å². The molecule has 0 saturated carbocycles. The molecule has 0 saturated heterocycles. The van der Waals surface area contributed by atoms with Gasteiger partial charge in [0.15, 0.2) is 0 Å². The first kappa shape index (κ1) is 37.8. The molecule has 5 heteroatoms. The molecule has 0 amide bonds. The smallest absolute Gasteiger partial charge is 0.121 e. The Labute approximate surface area is 328 Å². The summed E-state index contributed by atoms with van der Waals surface area (Å²) in [5.74, 6) is 0.643. The summed E-state index contributed by atoms with van der Waals surface area (Å²) in [6, 6.07) is 50.7. The Bertz CT molecular complexity index is 2450. The molecule has 0 atom stereocenters. The Morgan fingerprint density at radius 3 is 2.02 bits per heavy atom. The van der Waals surface area contributed by atoms with Crippen molar-refractivity contribution < 1.29 is 24.5 Å². The third-order valence-electron chi connectivity index (χ3n) is 9.33. The molecule has 1 radical (unpaired) electrons. The van der Waals surface area contributed by atoms with Crippen LogP contribution < -0.4 is 5.19 Å². The van der Waals surface area contributed by atoms with Crippen molar-refractivity contribution in [1.29, 1.82) is 0 Å². The van der Waals surface area contributed by atoms with E-state index >= 15 is 0 Å². The molecule has 0 aliphatic heterocycles. The number of aromatic nitrogens is 2. The maximum Gasteiger partial charge on any atom is 0.121 e. The van der Waals surface area contributed by atoms with Gasteiger partial charge in [0.05, 0.1) is 13.7 Å². The van der Waals surface area contributed by atoms with Crippen LogP contribution in [0.25, 0.3) is 66.7 Å². The van der Waals surface area contributed by atoms with E-state index in [2.05, 4.69) is 167 Å². The van der Waals surface area contributed by atoms with Crippen LogP contribution in [-0.2, 0) is 26.5 Å². The predicted octanol–water partition coefficient (Wildman–Crippen LogP) is 12.4. The quantitative estimate of drug-likeness (QED) is 0.118. The van der Waals surface area contributed by atoms with Gasteiger partial charge in [-0.05, 0) is 59.1 Å². The average Bonchev–Trinajstić information content (AvgIpc) is 3.53. The van der Waals surface area contributed by atoms with Crippen LogP contribution in [-0.4, -0.2) is 18.0 Å². The first-order valence-corrected chi connectivity index (χ1v) is 21.6. The molecule has 0 fully saturated rings. The maximum absolute atomic E-state index is 6.27. The molecule has 8 rings (SSSR count). The molecular weight excluding hydrogens is 841 g/mol. The van der Waals surface area contributed by atoms with E-state index in [1.807, 2.05) is 30.5 Å². The number of fused-ring (bicyclic) bond motifs is 3. The summed E-state index contributed by atoms with van der Waals surface area (Å²) in [5.41, 5.74) is 13.0. The number of rotatable bonds is 7. The van der Waals surface area contributed by atoms with Gasteiger partial charge in [-0.15, -0.1) is 48.0 Å². The topological polar surface area (TPSA) is 38.9 Å². The average molecular weight is 885 g/mol. The number of nitrogens with zero attached hydrogens (tertiary/aromatic N) is 2. The fourth-order valence-electron chi connectivity index (χ4n) is 6.74. The first-order chi connectivity index (χ1) is 25.1. The van der Waals surface area contributed by atoms with E-state index < -0.39 is 8.07 Å². The number of hydrogen-bond donors (Lipinski definition) is 0. The number of benzene rings is 5. The predicted molar refractivity (Wildman–Crippen MR) is 221 cm³/mol. The Hall–Kier alpha value is -4.93. The van der Waals surface area contributed by atoms with Gasteiger partial charge in [-0.2, -0.15) is 0 Å². The van der Waals surface area contributed by atoms with Gasteiger partial charge in [0.1, 0.15) is 5.58 Å². The van der Waals surface area contributed by atoms with E-state index in [9.17, 15) is 0 Å². The van der Waals surface area contributed by atoms with Gasteiger partial charge < -0.3 is 14.4 Å². The van der Waals surface area contributed by atoms with E-state index in [1.165, 1.54) is 33.0 Å². The van der Waals surface area contributed by atoms with E-state index in [4.69, 9.17) is 9.40 Å². The number of aryl methyl sites for hydroxylation is 1. The molecule has 8 aromatic rings. The summed E-state index contributed by atoms with van der Waals surface area (Å²) in [4.78, 5) is 9.29. The monoisotopic (exact) mass is 885 g/mol. The van der Waals surface area contributed by atoms with Gasteiger partial charge >= 0.3 is 0 Å². The van der Waals surface area contributed by atoms with Crippen molar-refractivity contribution in [2.24, 2.45) is 5.92 Å². The summed E-state index contributed by atoms with van der Waals surface area (Å²) in [5, 5.41) is 3.69. The molecule has 5 aromatic carbocycles. The molecule has 0 aliphatic rings. The van der Waals surface area contributed by atoms with Crippen molar-refractivity contribution in [3.8, 4) is 44.8 Å². The molecule has 3 nitrogen and oxygen atoms in total. The van der Waals surface area contributed by atoms with Crippen LogP contribution in [0.2, 0.25) is 19.6 Å². The molecule has 0 bridgehead atoms. The zero-order valence-electron chi connectivity index (χ0n) is 31.2. The van der Waals surface area contributed by atoms with Gasteiger partial charge in [0.2, 0.25) is 0 Å². The van der Waals surface area contributed by atoms with Crippen molar-refractivity contribution in [2.75, 3.05) is 0 Å². The minimum absolute atomic E-state index is 0. The number of hydrogen-bond acceptors (Lipinski definition) is 3. The summed E-state index contributed by atoms with van der Waals surface area (Å²) < 4.78 is 6.27. The van der Waals surface area contributed by atoms with Gasteiger partial charge in [0, 0.05) is 37.9 Å². The van der Waals surface area contributed by atoms with Crippen LogP contribution in [0.4, 0.5) is 0 Å². The fourth-order valence-corrected chi connectivity index (χ4v) is 8.33. The van der Waals surface area contributed by atoms with Crippen LogP contribution in [0.15, 0.2) is 144 Å². The van der Waals surface area contributed by atoms with E-state index in [1.54, 1.807) is 0 Å². The van der Waals surface area contributed by atoms with Crippen molar-refractivity contribution >= 4 is 35.2 Å². The third kappa shape index (κ3) is 8.66. The summed E-state index contributed by atoms with van der Waals surface area (Å²) in [6.07, 6.45) is 5.06. The van der Waals surface area contributed by atoms with Crippen LogP contribution in [0.1, 0.15) is 25.0 Å². The Morgan fingerprint density at radius 1 is 0.679 bits per heavy atom. The second-order valence-electron chi connectivity index (χ2n) is 14.9. The summed E-state index contributed by atoms with van der Waals surface area (Å²) >= 11 is 0.